The molecule has 0 radical (unpaired) electrons. The van der Waals surface area contributed by atoms with Gasteiger partial charge in [-0.2, -0.15) is 0 Å². The molecule has 3 N–H and O–H groups in total. The average Bonchev–Trinajstić information content (AvgIpc) is 3.01. The van der Waals surface area contributed by atoms with Gasteiger partial charge in [0, 0.05) is 28.1 Å². The molecule has 3 aromatic rings. The summed E-state index contributed by atoms with van der Waals surface area (Å²) in [5, 5.41) is 13.6. The van der Waals surface area contributed by atoms with Crippen molar-refractivity contribution in [2.45, 2.75) is 13.0 Å². The number of benzene rings is 2. The van der Waals surface area contributed by atoms with Crippen molar-refractivity contribution in [1.82, 2.24) is 10.3 Å². The van der Waals surface area contributed by atoms with E-state index in [2.05, 4.69) is 50.6 Å². The molecule has 1 aromatic heterocycles. The Labute approximate surface area is 150 Å². The predicted octanol–water partition coefficient (Wildman–Crippen LogP) is 3.63. The van der Waals surface area contributed by atoms with Crippen LogP contribution in [-0.4, -0.2) is 29.8 Å². The van der Waals surface area contributed by atoms with Gasteiger partial charge in [0.05, 0.1) is 6.61 Å². The highest BCUT2D eigenvalue weighted by Gasteiger charge is 2.04. The first-order chi connectivity index (χ1) is 11.8. The SMILES string of the molecule is OCCOc1ccc(CNCCc2c[nH]c3ccccc23)c(Br)c1. The predicted molar refractivity (Wildman–Crippen MR) is 100 cm³/mol. The highest BCUT2D eigenvalue weighted by atomic mass is 79.9. The Hall–Kier alpha value is -1.82. The third kappa shape index (κ3) is 4.17. The van der Waals surface area contributed by atoms with Crippen LogP contribution in [0.2, 0.25) is 0 Å². The van der Waals surface area contributed by atoms with Gasteiger partial charge >= 0.3 is 0 Å². The standard InChI is InChI=1S/C19H21BrN2O2/c20-18-11-16(24-10-9-23)6-5-15(18)12-21-8-7-14-13-22-19-4-2-1-3-17(14)19/h1-6,11,13,21-23H,7-10,12H2. The van der Waals surface area contributed by atoms with Crippen LogP contribution in [0.15, 0.2) is 53.1 Å². The summed E-state index contributed by atoms with van der Waals surface area (Å²) in [6.45, 7) is 2.05. The maximum atomic E-state index is 8.79. The number of para-hydroxylation sites is 1. The topological polar surface area (TPSA) is 57.3 Å². The monoisotopic (exact) mass is 388 g/mol. The van der Waals surface area contributed by atoms with Crippen molar-refractivity contribution in [3.8, 4) is 5.75 Å². The number of hydrogen-bond acceptors (Lipinski definition) is 3. The van der Waals surface area contributed by atoms with Crippen LogP contribution in [-0.2, 0) is 13.0 Å². The van der Waals surface area contributed by atoms with E-state index in [-0.39, 0.29) is 6.61 Å². The lowest BCUT2D eigenvalue weighted by Gasteiger charge is -2.09. The first-order valence-electron chi connectivity index (χ1n) is 8.05. The molecule has 2 aromatic carbocycles. The number of aliphatic hydroxyl groups excluding tert-OH is 1. The van der Waals surface area contributed by atoms with Crippen LogP contribution < -0.4 is 10.1 Å². The molecule has 5 heteroatoms. The summed E-state index contributed by atoms with van der Waals surface area (Å²) >= 11 is 3.57. The van der Waals surface area contributed by atoms with Gasteiger partial charge in [-0.1, -0.05) is 40.2 Å². The summed E-state index contributed by atoms with van der Waals surface area (Å²) in [6, 6.07) is 14.3. The number of halogens is 1. The van der Waals surface area contributed by atoms with Gasteiger partial charge < -0.3 is 20.1 Å². The fourth-order valence-corrected chi connectivity index (χ4v) is 3.21. The quantitative estimate of drug-likeness (QED) is 0.516. The first kappa shape index (κ1) is 17.0. The van der Waals surface area contributed by atoms with Crippen molar-refractivity contribution in [3.63, 3.8) is 0 Å². The lowest BCUT2D eigenvalue weighted by Crippen LogP contribution is -2.16. The molecule has 0 spiro atoms. The fraction of sp³-hybridized carbons (Fsp3) is 0.263. The molecular weight excluding hydrogens is 368 g/mol. The van der Waals surface area contributed by atoms with Gasteiger partial charge in [-0.3, -0.25) is 0 Å². The van der Waals surface area contributed by atoms with E-state index in [1.54, 1.807) is 0 Å². The number of ether oxygens (including phenoxy) is 1. The minimum atomic E-state index is 0.0226. The number of aromatic nitrogens is 1. The maximum Gasteiger partial charge on any atom is 0.120 e. The third-order valence-electron chi connectivity index (χ3n) is 3.95. The van der Waals surface area contributed by atoms with E-state index >= 15 is 0 Å². The number of nitrogens with one attached hydrogen (secondary N) is 2. The number of hydrogen-bond donors (Lipinski definition) is 3. The van der Waals surface area contributed by atoms with Crippen molar-refractivity contribution in [3.05, 3.63) is 64.3 Å². The summed E-state index contributed by atoms with van der Waals surface area (Å²) in [5.74, 6) is 0.762. The highest BCUT2D eigenvalue weighted by Crippen LogP contribution is 2.23. The lowest BCUT2D eigenvalue weighted by molar-refractivity contribution is 0.201. The minimum Gasteiger partial charge on any atom is -0.491 e. The van der Waals surface area contributed by atoms with Gasteiger partial charge in [-0.25, -0.2) is 0 Å². The van der Waals surface area contributed by atoms with Crippen LogP contribution in [0.4, 0.5) is 0 Å². The number of aromatic amines is 1. The van der Waals surface area contributed by atoms with Gasteiger partial charge in [-0.15, -0.1) is 0 Å². The van der Waals surface area contributed by atoms with E-state index in [1.165, 1.54) is 22.0 Å². The molecule has 0 saturated heterocycles. The van der Waals surface area contributed by atoms with Crippen LogP contribution in [0.5, 0.6) is 5.75 Å². The van der Waals surface area contributed by atoms with Crippen LogP contribution in [0.1, 0.15) is 11.1 Å². The fourth-order valence-electron chi connectivity index (χ4n) is 2.71. The molecule has 1 heterocycles. The summed E-state index contributed by atoms with van der Waals surface area (Å²) in [4.78, 5) is 3.31. The first-order valence-corrected chi connectivity index (χ1v) is 8.85. The Morgan fingerprint density at radius 2 is 2.00 bits per heavy atom. The number of aliphatic hydroxyl groups is 1. The summed E-state index contributed by atoms with van der Waals surface area (Å²) in [7, 11) is 0. The molecule has 3 rings (SSSR count). The van der Waals surface area contributed by atoms with E-state index in [0.29, 0.717) is 6.61 Å². The lowest BCUT2D eigenvalue weighted by atomic mass is 10.1. The normalized spacial score (nSPS) is 11.1. The molecule has 24 heavy (non-hydrogen) atoms. The molecule has 0 atom stereocenters. The Morgan fingerprint density at radius 1 is 1.12 bits per heavy atom. The molecule has 0 aliphatic rings. The second-order valence-corrected chi connectivity index (χ2v) is 6.47. The van der Waals surface area contributed by atoms with E-state index in [1.807, 2.05) is 24.3 Å². The molecule has 4 nitrogen and oxygen atoms in total. The zero-order valence-electron chi connectivity index (χ0n) is 13.4. The Bertz CT molecular complexity index is 801. The van der Waals surface area contributed by atoms with Gasteiger partial charge in [0.15, 0.2) is 0 Å². The van der Waals surface area contributed by atoms with Crippen molar-refractivity contribution in [1.29, 1.82) is 0 Å². The third-order valence-corrected chi connectivity index (χ3v) is 4.68. The molecule has 0 unspecified atom stereocenters. The van der Waals surface area contributed by atoms with Crippen LogP contribution in [0.25, 0.3) is 10.9 Å². The van der Waals surface area contributed by atoms with E-state index < -0.39 is 0 Å². The average molecular weight is 389 g/mol. The van der Waals surface area contributed by atoms with E-state index in [0.717, 1.165) is 29.7 Å². The van der Waals surface area contributed by atoms with Gasteiger partial charge in [0.25, 0.3) is 0 Å². The Morgan fingerprint density at radius 3 is 2.83 bits per heavy atom. The largest absolute Gasteiger partial charge is 0.491 e. The molecule has 126 valence electrons. The Kier molecular flexibility index (Phi) is 5.91. The van der Waals surface area contributed by atoms with Crippen molar-refractivity contribution in [2.75, 3.05) is 19.8 Å². The summed E-state index contributed by atoms with van der Waals surface area (Å²) < 4.78 is 6.41. The molecule has 0 saturated carbocycles. The molecular formula is C19H21BrN2O2. The number of rotatable bonds is 8. The maximum absolute atomic E-state index is 8.79. The number of fused-ring (bicyclic) bond motifs is 1. The molecule has 0 bridgehead atoms. The van der Waals surface area contributed by atoms with Crippen LogP contribution >= 0.6 is 15.9 Å². The second kappa shape index (κ2) is 8.33. The van der Waals surface area contributed by atoms with Gasteiger partial charge in [0.2, 0.25) is 0 Å². The molecule has 0 amide bonds. The van der Waals surface area contributed by atoms with Crippen LogP contribution in [0.3, 0.4) is 0 Å². The van der Waals surface area contributed by atoms with Crippen LogP contribution in [0, 0.1) is 0 Å². The van der Waals surface area contributed by atoms with Crippen molar-refractivity contribution < 1.29 is 9.84 Å². The second-order valence-electron chi connectivity index (χ2n) is 5.61. The van der Waals surface area contributed by atoms with Gasteiger partial charge in [0.1, 0.15) is 12.4 Å². The zero-order valence-corrected chi connectivity index (χ0v) is 15.0. The molecule has 0 fully saturated rings. The molecule has 0 aliphatic heterocycles. The summed E-state index contributed by atoms with van der Waals surface area (Å²) in [5.41, 5.74) is 3.71. The summed E-state index contributed by atoms with van der Waals surface area (Å²) in [6.07, 6.45) is 3.08. The highest BCUT2D eigenvalue weighted by molar-refractivity contribution is 9.10. The van der Waals surface area contributed by atoms with E-state index in [9.17, 15) is 0 Å². The zero-order chi connectivity index (χ0) is 16.8. The molecule has 0 aliphatic carbocycles. The van der Waals surface area contributed by atoms with Crippen molar-refractivity contribution >= 4 is 26.8 Å². The van der Waals surface area contributed by atoms with E-state index in [4.69, 9.17) is 9.84 Å². The Balaban J connectivity index is 1.51. The smallest absolute Gasteiger partial charge is 0.120 e. The van der Waals surface area contributed by atoms with Crippen molar-refractivity contribution in [2.24, 2.45) is 0 Å². The van der Waals surface area contributed by atoms with Gasteiger partial charge in [-0.05, 0) is 42.3 Å². The number of H-pyrrole nitrogens is 1. The minimum absolute atomic E-state index is 0.0226.